The second-order valence-corrected chi connectivity index (χ2v) is 25.8. The van der Waals surface area contributed by atoms with Gasteiger partial charge >= 0.3 is 30.1 Å². The number of carbonyl (C=O) groups is 8. The number of alkyl halides is 3. The summed E-state index contributed by atoms with van der Waals surface area (Å²) in [7, 11) is 0. The number of amides is 4. The lowest BCUT2D eigenvalue weighted by Crippen LogP contribution is -2.52. The van der Waals surface area contributed by atoms with E-state index in [0.717, 1.165) is 45.9 Å². The topological polar surface area (TPSA) is 291 Å². The number of carboxylic acid groups (broad SMARTS) is 4. The molecule has 97 heavy (non-hydrogen) atoms. The van der Waals surface area contributed by atoms with Gasteiger partial charge in [-0.15, -0.1) is 0 Å². The highest BCUT2D eigenvalue weighted by Gasteiger charge is 2.36. The van der Waals surface area contributed by atoms with E-state index < -0.39 is 59.5 Å². The van der Waals surface area contributed by atoms with Crippen molar-refractivity contribution in [2.24, 2.45) is 11.8 Å². The van der Waals surface area contributed by atoms with E-state index in [0.29, 0.717) is 83.7 Å². The van der Waals surface area contributed by atoms with E-state index in [1.54, 1.807) is 30.6 Å². The van der Waals surface area contributed by atoms with Crippen LogP contribution in [-0.4, -0.2) is 216 Å². The van der Waals surface area contributed by atoms with Gasteiger partial charge in [-0.05, 0) is 142 Å². The van der Waals surface area contributed by atoms with E-state index >= 15 is 13.2 Å². The summed E-state index contributed by atoms with van der Waals surface area (Å²) in [5, 5.41) is 50.9. The van der Waals surface area contributed by atoms with Gasteiger partial charge in [0, 0.05) is 89.9 Å². The Morgan fingerprint density at radius 3 is 1.82 bits per heavy atom. The monoisotopic (exact) mass is 1350 g/mol. The molecule has 0 spiro atoms. The Morgan fingerprint density at radius 1 is 0.619 bits per heavy atom. The van der Waals surface area contributed by atoms with E-state index in [2.05, 4.69) is 21.3 Å². The quantitative estimate of drug-likeness (QED) is 0.0176. The summed E-state index contributed by atoms with van der Waals surface area (Å²) in [5.41, 5.74) is 4.92. The third kappa shape index (κ3) is 25.9. The van der Waals surface area contributed by atoms with Gasteiger partial charge in [-0.25, -0.2) is 0 Å². The van der Waals surface area contributed by atoms with Crippen molar-refractivity contribution in [2.75, 3.05) is 111 Å². The molecule has 528 valence electrons. The van der Waals surface area contributed by atoms with E-state index in [4.69, 9.17) is 4.74 Å². The van der Waals surface area contributed by atoms with E-state index in [9.17, 15) is 58.8 Å². The molecular weight excluding hydrogens is 1260 g/mol. The molecule has 1 saturated carbocycles. The lowest BCUT2D eigenvalue weighted by atomic mass is 9.81. The molecule has 22 nitrogen and oxygen atoms in total. The molecule has 3 aliphatic rings. The van der Waals surface area contributed by atoms with Crippen molar-refractivity contribution in [3.05, 3.63) is 124 Å². The Labute approximate surface area is 565 Å². The highest BCUT2D eigenvalue weighted by Crippen LogP contribution is 2.39. The largest absolute Gasteiger partial charge is 0.491 e. The molecule has 7 rings (SSSR count). The normalized spacial score (nSPS) is 18.6. The van der Waals surface area contributed by atoms with Crippen molar-refractivity contribution in [2.45, 2.75) is 122 Å². The number of halogens is 3. The molecule has 8 N–H and O–H groups in total. The average Bonchev–Trinajstić information content (AvgIpc) is 0.799. The van der Waals surface area contributed by atoms with E-state index in [1.165, 1.54) is 12.1 Å². The van der Waals surface area contributed by atoms with Crippen LogP contribution in [0.5, 0.6) is 5.75 Å². The fourth-order valence-electron chi connectivity index (χ4n) is 12.9. The van der Waals surface area contributed by atoms with Crippen LogP contribution < -0.4 is 26.0 Å². The summed E-state index contributed by atoms with van der Waals surface area (Å²) in [6.07, 6.45) is 5.19. The highest BCUT2D eigenvalue weighted by molar-refractivity contribution is 5.88. The van der Waals surface area contributed by atoms with Gasteiger partial charge in [0.1, 0.15) is 24.4 Å². The molecule has 2 aliphatic heterocycles. The van der Waals surface area contributed by atoms with Gasteiger partial charge in [-0.3, -0.25) is 62.9 Å². The number of rotatable bonds is 32. The smallest absolute Gasteiger partial charge is 0.417 e. The average molecular weight is 1350 g/mol. The van der Waals surface area contributed by atoms with Crippen molar-refractivity contribution in [1.29, 1.82) is 0 Å². The van der Waals surface area contributed by atoms with Gasteiger partial charge in [-0.2, -0.15) is 13.2 Å². The van der Waals surface area contributed by atoms with Crippen molar-refractivity contribution in [3.8, 4) is 16.9 Å². The number of aliphatic carboxylic acids is 4. The Bertz CT molecular complexity index is 3260. The van der Waals surface area contributed by atoms with E-state index in [1.807, 2.05) is 86.6 Å². The van der Waals surface area contributed by atoms with Crippen LogP contribution in [0.1, 0.15) is 116 Å². The second kappa shape index (κ2) is 38.6. The number of piperidine rings is 1. The maximum atomic E-state index is 15.0. The Kier molecular flexibility index (Phi) is 30.3. The molecule has 2 heterocycles. The van der Waals surface area contributed by atoms with Crippen molar-refractivity contribution in [3.63, 3.8) is 0 Å². The number of carbonyl (C=O) groups excluding carboxylic acids is 4. The third-order valence-electron chi connectivity index (χ3n) is 18.4. The molecule has 3 fully saturated rings. The number of nitrogens with one attached hydrogen (secondary N) is 4. The molecule has 0 bridgehead atoms. The summed E-state index contributed by atoms with van der Waals surface area (Å²) >= 11 is 0. The summed E-state index contributed by atoms with van der Waals surface area (Å²) in [6.45, 7) is 5.15. The molecule has 0 radical (unpaired) electrons. The lowest BCUT2D eigenvalue weighted by Gasteiger charge is -2.33. The Hall–Kier alpha value is -8.23. The maximum Gasteiger partial charge on any atom is 0.417 e. The molecule has 4 amide bonds. The van der Waals surface area contributed by atoms with Crippen LogP contribution in [-0.2, 0) is 57.5 Å². The predicted octanol–water partition coefficient (Wildman–Crippen LogP) is 7.29. The fraction of sp³-hybridized carbons (Fsp3) is 0.528. The minimum absolute atomic E-state index is 0.00590. The predicted molar refractivity (Wildman–Crippen MR) is 361 cm³/mol. The second-order valence-electron chi connectivity index (χ2n) is 25.8. The van der Waals surface area contributed by atoms with Gasteiger partial charge in [0.25, 0.3) is 0 Å². The summed E-state index contributed by atoms with van der Waals surface area (Å²) in [6, 6.07) is 24.0. The summed E-state index contributed by atoms with van der Waals surface area (Å²) in [4.78, 5) is 111. The van der Waals surface area contributed by atoms with Crippen LogP contribution in [0.4, 0.5) is 13.2 Å². The molecule has 1 aliphatic carbocycles. The molecule has 2 saturated heterocycles. The number of benzene rings is 4. The van der Waals surface area contributed by atoms with Crippen LogP contribution in [0.25, 0.3) is 23.3 Å². The minimum Gasteiger partial charge on any atom is -0.491 e. The van der Waals surface area contributed by atoms with Gasteiger partial charge in [0.15, 0.2) is 0 Å². The van der Waals surface area contributed by atoms with E-state index in [-0.39, 0.29) is 152 Å². The van der Waals surface area contributed by atoms with Crippen molar-refractivity contribution >= 4 is 59.7 Å². The number of hydrogen-bond acceptors (Lipinski definition) is 14. The first-order valence-corrected chi connectivity index (χ1v) is 33.9. The van der Waals surface area contributed by atoms with Gasteiger partial charge < -0.3 is 46.4 Å². The maximum absolute atomic E-state index is 15.0. The SMILES string of the molecule is Cc1ccc(CCCC(=O)NCCCC[C@H](NC(=O)CN2CCN(CC(=O)O)CCN(CC(=O)O)CCN(CC(=O)O)CC2)C(=O)NCC2CCC(C(=O)NCCOc3cc(/C=C/c4cccc(-c5ccccc5)c4C)c(C(F)(F)F)cc3CN3CCCC[C@H]3C(=O)O)CC2)cc1. The molecular formula is C72H96F3N9O13. The highest BCUT2D eigenvalue weighted by atomic mass is 19.4. The number of carboxylic acids is 4. The summed E-state index contributed by atoms with van der Waals surface area (Å²) < 4.78 is 51.3. The van der Waals surface area contributed by atoms with Gasteiger partial charge in [-0.1, -0.05) is 96.9 Å². The first-order chi connectivity index (χ1) is 46.5. The molecule has 0 unspecified atom stereocenters. The van der Waals surface area contributed by atoms with Crippen molar-refractivity contribution in [1.82, 2.24) is 45.8 Å². The number of likely N-dealkylation sites (tertiary alicyclic amines) is 1. The number of hydrogen-bond donors (Lipinski definition) is 8. The Morgan fingerprint density at radius 2 is 1.23 bits per heavy atom. The van der Waals surface area contributed by atoms with Gasteiger partial charge in [0.05, 0.1) is 38.3 Å². The Balaban J connectivity index is 0.959. The van der Waals surface area contributed by atoms with Crippen LogP contribution in [0.3, 0.4) is 0 Å². The molecule has 25 heteroatoms. The number of aryl methyl sites for hydroxylation is 2. The van der Waals surface area contributed by atoms with Crippen LogP contribution >= 0.6 is 0 Å². The molecule has 0 aromatic heterocycles. The fourth-order valence-corrected chi connectivity index (χ4v) is 12.9. The zero-order valence-corrected chi connectivity index (χ0v) is 55.8. The van der Waals surface area contributed by atoms with Gasteiger partial charge in [0.2, 0.25) is 23.6 Å². The number of ether oxygens (including phenoxy) is 1. The standard InChI is InChI=1S/C72H96F3N9O13/c1-50-20-22-52(23-21-50)12-10-19-64(85)76-30-8-6-17-61(79-65(86)46-80-33-35-81(47-66(87)88)37-39-83(49-68(91)92)40-38-82(36-34-80)48-67(89)90)70(94)78-44-53-24-26-56(27-25-53)69(93)77-31-41-97-63-43-57(29-28-54-15-11-16-59(51(54)2)55-13-4-3-5-14-55)60(72(73,74)75)42-58(63)45-84-32-9-7-18-62(84)71(95)96/h3-5,11,13-16,20-23,28-29,42-43,53,56,61-62H,6-10,12,17-19,24-27,30-41,44-49H2,1-2H3,(H,76,85)(H,77,93)(H,78,94)(H,79,86)(H,87,88)(H,89,90)(H,91,92)(H,95,96)/b29-28+/t53?,56?,61-,62-/m0/s1. The van der Waals surface area contributed by atoms with Crippen LogP contribution in [0.2, 0.25) is 0 Å². The van der Waals surface area contributed by atoms with Crippen LogP contribution in [0.15, 0.2) is 84.9 Å². The first kappa shape index (κ1) is 76.1. The molecule has 2 atom stereocenters. The number of unbranched alkanes of at least 4 members (excludes halogenated alkanes) is 1. The zero-order valence-electron chi connectivity index (χ0n) is 55.8. The summed E-state index contributed by atoms with van der Waals surface area (Å²) in [5.74, 6) is -5.78. The zero-order chi connectivity index (χ0) is 69.9. The lowest BCUT2D eigenvalue weighted by molar-refractivity contribution is -0.145. The minimum atomic E-state index is -4.77. The molecule has 4 aromatic carbocycles. The van der Waals surface area contributed by atoms with Crippen molar-refractivity contribution < 1.29 is 76.7 Å². The molecule has 4 aromatic rings. The van der Waals surface area contributed by atoms with Crippen LogP contribution in [0, 0.1) is 25.7 Å². The number of nitrogens with zero attached hydrogens (tertiary/aromatic N) is 5. The first-order valence-electron chi connectivity index (χ1n) is 33.9. The third-order valence-corrected chi connectivity index (χ3v) is 18.4.